The molecule has 1 saturated heterocycles. The van der Waals surface area contributed by atoms with Gasteiger partial charge >= 0.3 is 5.97 Å². The fourth-order valence-electron chi connectivity index (χ4n) is 4.53. The van der Waals surface area contributed by atoms with Crippen molar-refractivity contribution in [2.24, 2.45) is 23.7 Å². The van der Waals surface area contributed by atoms with Gasteiger partial charge in [-0.15, -0.1) is 0 Å². The van der Waals surface area contributed by atoms with Crippen molar-refractivity contribution in [2.45, 2.75) is 103 Å². The standard InChI is InChI=1S/C21H40O8/c1-8-14-21(7,28)18(25)11(3)15(22)10(2)9-20(6,27)17(24)12(4)16(23)13(5)19(26)29-14/h10-18,22-25,27-28H,8-9H2,1-7H3/t10-,11+,12+,13-,14?,15+,16+,17-,18-,20-,21-/m1/s1. The number of ether oxygens (including phenoxy) is 1. The van der Waals surface area contributed by atoms with E-state index in [0.29, 0.717) is 0 Å². The lowest BCUT2D eigenvalue weighted by atomic mass is 9.73. The smallest absolute Gasteiger partial charge is 0.311 e. The maximum atomic E-state index is 12.6. The fourth-order valence-corrected chi connectivity index (χ4v) is 4.53. The number of rotatable bonds is 1. The van der Waals surface area contributed by atoms with Crippen LogP contribution in [0.2, 0.25) is 0 Å². The lowest BCUT2D eigenvalue weighted by Crippen LogP contribution is -2.57. The molecule has 11 atom stereocenters. The molecular weight excluding hydrogens is 380 g/mol. The van der Waals surface area contributed by atoms with Gasteiger partial charge in [0.1, 0.15) is 11.7 Å². The van der Waals surface area contributed by atoms with Gasteiger partial charge in [0, 0.05) is 11.8 Å². The maximum Gasteiger partial charge on any atom is 0.311 e. The van der Waals surface area contributed by atoms with Gasteiger partial charge in [0.25, 0.3) is 0 Å². The largest absolute Gasteiger partial charge is 0.459 e. The van der Waals surface area contributed by atoms with Gasteiger partial charge in [-0.05, 0) is 39.5 Å². The summed E-state index contributed by atoms with van der Waals surface area (Å²) < 4.78 is 5.42. The van der Waals surface area contributed by atoms with Crippen LogP contribution in [-0.4, -0.2) is 78.3 Å². The van der Waals surface area contributed by atoms with Gasteiger partial charge in [0.2, 0.25) is 0 Å². The molecule has 0 aromatic heterocycles. The highest BCUT2D eigenvalue weighted by atomic mass is 16.6. The highest BCUT2D eigenvalue weighted by Gasteiger charge is 2.48. The average Bonchev–Trinajstić information content (AvgIpc) is 2.66. The van der Waals surface area contributed by atoms with Gasteiger partial charge in [-0.25, -0.2) is 0 Å². The van der Waals surface area contributed by atoms with Crippen molar-refractivity contribution in [1.29, 1.82) is 0 Å². The predicted octanol–water partition coefficient (Wildman–Crippen LogP) is 0.202. The Bertz CT molecular complexity index is 549. The number of cyclic esters (lactones) is 1. The summed E-state index contributed by atoms with van der Waals surface area (Å²) in [4.78, 5) is 12.6. The molecule has 1 unspecified atom stereocenters. The van der Waals surface area contributed by atoms with E-state index in [1.165, 1.54) is 27.7 Å². The summed E-state index contributed by atoms with van der Waals surface area (Å²) in [6, 6.07) is 0. The molecule has 8 nitrogen and oxygen atoms in total. The minimum Gasteiger partial charge on any atom is -0.459 e. The summed E-state index contributed by atoms with van der Waals surface area (Å²) in [7, 11) is 0. The molecular formula is C21H40O8. The second kappa shape index (κ2) is 9.58. The molecule has 0 radical (unpaired) electrons. The first kappa shape index (κ1) is 26.3. The molecule has 1 rings (SSSR count). The Morgan fingerprint density at radius 3 is 1.90 bits per heavy atom. The molecule has 0 aliphatic carbocycles. The van der Waals surface area contributed by atoms with Crippen molar-refractivity contribution >= 4 is 5.97 Å². The number of carbonyl (C=O) groups excluding carboxylic acids is 1. The van der Waals surface area contributed by atoms with E-state index >= 15 is 0 Å². The third-order valence-electron chi connectivity index (χ3n) is 6.79. The quantitative estimate of drug-likeness (QED) is 0.330. The molecule has 172 valence electrons. The van der Waals surface area contributed by atoms with E-state index in [4.69, 9.17) is 4.74 Å². The van der Waals surface area contributed by atoms with Crippen LogP contribution in [0.3, 0.4) is 0 Å². The Kier molecular flexibility index (Phi) is 8.67. The van der Waals surface area contributed by atoms with Gasteiger partial charge in [0.05, 0.1) is 35.9 Å². The van der Waals surface area contributed by atoms with Crippen LogP contribution < -0.4 is 0 Å². The average molecular weight is 421 g/mol. The van der Waals surface area contributed by atoms with Gasteiger partial charge in [-0.2, -0.15) is 0 Å². The van der Waals surface area contributed by atoms with E-state index in [9.17, 15) is 35.4 Å². The SMILES string of the molecule is CCC1OC(=O)[C@H](C)[C@@H](O)[C@H](C)[C@@H](O)[C@](C)(O)C[C@@H](C)[C@H](O)[C@H](C)[C@@H](O)[C@]1(C)O. The predicted molar refractivity (Wildman–Crippen MR) is 107 cm³/mol. The van der Waals surface area contributed by atoms with Crippen molar-refractivity contribution < 1.29 is 40.2 Å². The molecule has 0 saturated carbocycles. The van der Waals surface area contributed by atoms with Crippen LogP contribution in [-0.2, 0) is 9.53 Å². The van der Waals surface area contributed by atoms with Crippen molar-refractivity contribution in [2.75, 3.05) is 0 Å². The lowest BCUT2D eigenvalue weighted by molar-refractivity contribution is -0.202. The third-order valence-corrected chi connectivity index (χ3v) is 6.79. The molecule has 0 spiro atoms. The van der Waals surface area contributed by atoms with Crippen LogP contribution in [0.25, 0.3) is 0 Å². The Balaban J connectivity index is 3.40. The molecule has 0 bridgehead atoms. The molecule has 0 amide bonds. The number of hydrogen-bond acceptors (Lipinski definition) is 8. The molecule has 8 heteroatoms. The van der Waals surface area contributed by atoms with Crippen molar-refractivity contribution in [1.82, 2.24) is 0 Å². The lowest BCUT2D eigenvalue weighted by Gasteiger charge is -2.43. The minimum atomic E-state index is -1.84. The number of hydrogen-bond donors (Lipinski definition) is 6. The van der Waals surface area contributed by atoms with Crippen molar-refractivity contribution in [3.8, 4) is 0 Å². The zero-order chi connectivity index (χ0) is 22.9. The van der Waals surface area contributed by atoms with Crippen LogP contribution >= 0.6 is 0 Å². The second-order valence-corrected chi connectivity index (χ2v) is 9.48. The normalized spacial score (nSPS) is 51.2. The van der Waals surface area contributed by atoms with Crippen molar-refractivity contribution in [3.05, 3.63) is 0 Å². The Morgan fingerprint density at radius 2 is 1.41 bits per heavy atom. The van der Waals surface area contributed by atoms with E-state index < -0.39 is 71.4 Å². The van der Waals surface area contributed by atoms with E-state index in [-0.39, 0.29) is 12.8 Å². The summed E-state index contributed by atoms with van der Waals surface area (Å²) in [6.45, 7) is 10.7. The van der Waals surface area contributed by atoms with Gasteiger partial charge < -0.3 is 35.4 Å². The summed E-state index contributed by atoms with van der Waals surface area (Å²) in [5.74, 6) is -4.00. The third kappa shape index (κ3) is 5.48. The van der Waals surface area contributed by atoms with Crippen LogP contribution in [0.15, 0.2) is 0 Å². The van der Waals surface area contributed by atoms with E-state index in [0.717, 1.165) is 0 Å². The molecule has 1 aliphatic rings. The molecule has 1 fully saturated rings. The van der Waals surface area contributed by atoms with Gasteiger partial charge in [-0.1, -0.05) is 27.7 Å². The zero-order valence-electron chi connectivity index (χ0n) is 18.6. The van der Waals surface area contributed by atoms with E-state index in [1.54, 1.807) is 20.8 Å². The molecule has 6 N–H and O–H groups in total. The Morgan fingerprint density at radius 1 is 0.931 bits per heavy atom. The highest BCUT2D eigenvalue weighted by Crippen LogP contribution is 2.35. The summed E-state index contributed by atoms with van der Waals surface area (Å²) in [5.41, 5.74) is -3.50. The zero-order valence-corrected chi connectivity index (χ0v) is 18.6. The number of esters is 1. The summed E-state index contributed by atoms with van der Waals surface area (Å²) in [6.07, 6.45) is -6.06. The first-order valence-electron chi connectivity index (χ1n) is 10.5. The fraction of sp³-hybridized carbons (Fsp3) is 0.952. The number of aliphatic hydroxyl groups excluding tert-OH is 4. The summed E-state index contributed by atoms with van der Waals surface area (Å²) >= 11 is 0. The number of aliphatic hydroxyl groups is 6. The minimum absolute atomic E-state index is 0.0123. The Hall–Kier alpha value is -0.770. The monoisotopic (exact) mass is 420 g/mol. The Labute approximate surface area is 173 Å². The van der Waals surface area contributed by atoms with E-state index in [2.05, 4.69) is 0 Å². The molecule has 0 aromatic rings. The van der Waals surface area contributed by atoms with Crippen LogP contribution in [0.4, 0.5) is 0 Å². The van der Waals surface area contributed by atoms with E-state index in [1.807, 2.05) is 0 Å². The first-order valence-corrected chi connectivity index (χ1v) is 10.5. The molecule has 1 heterocycles. The van der Waals surface area contributed by atoms with Crippen LogP contribution in [0, 0.1) is 23.7 Å². The van der Waals surface area contributed by atoms with Crippen LogP contribution in [0.5, 0.6) is 0 Å². The van der Waals surface area contributed by atoms with Crippen molar-refractivity contribution in [3.63, 3.8) is 0 Å². The molecule has 1 aliphatic heterocycles. The molecule has 0 aromatic carbocycles. The maximum absolute atomic E-state index is 12.6. The summed E-state index contributed by atoms with van der Waals surface area (Å²) in [5, 5.41) is 64.5. The van der Waals surface area contributed by atoms with Gasteiger partial charge in [-0.3, -0.25) is 4.79 Å². The van der Waals surface area contributed by atoms with Gasteiger partial charge in [0.15, 0.2) is 0 Å². The highest BCUT2D eigenvalue weighted by molar-refractivity contribution is 5.73. The van der Waals surface area contributed by atoms with Crippen LogP contribution in [0.1, 0.15) is 61.3 Å². The second-order valence-electron chi connectivity index (χ2n) is 9.48. The first-order chi connectivity index (χ1) is 13.1. The topological polar surface area (TPSA) is 148 Å². The molecule has 29 heavy (non-hydrogen) atoms. The number of carbonyl (C=O) groups is 1.